The van der Waals surface area contributed by atoms with E-state index in [9.17, 15) is 4.79 Å². The molecular formula is C8H8BrNO2S. The van der Waals surface area contributed by atoms with E-state index in [0.717, 1.165) is 9.37 Å². The second kappa shape index (κ2) is 5.26. The van der Waals surface area contributed by atoms with Crippen LogP contribution in [0.25, 0.3) is 0 Å². The summed E-state index contributed by atoms with van der Waals surface area (Å²) in [5.74, 6) is -0.183. The molecule has 0 spiro atoms. The van der Waals surface area contributed by atoms with E-state index >= 15 is 0 Å². The van der Waals surface area contributed by atoms with Crippen molar-refractivity contribution in [1.29, 1.82) is 0 Å². The van der Waals surface area contributed by atoms with E-state index < -0.39 is 5.91 Å². The highest BCUT2D eigenvalue weighted by Gasteiger charge is 2.00. The Morgan fingerprint density at radius 3 is 3.00 bits per heavy atom. The third-order valence-corrected chi connectivity index (χ3v) is 2.78. The van der Waals surface area contributed by atoms with Crippen LogP contribution < -0.4 is 5.48 Å². The molecule has 0 radical (unpaired) electrons. The van der Waals surface area contributed by atoms with Crippen LogP contribution in [0.1, 0.15) is 0 Å². The van der Waals surface area contributed by atoms with Crippen molar-refractivity contribution < 1.29 is 10.0 Å². The molecule has 0 atom stereocenters. The Balaban J connectivity index is 2.50. The summed E-state index contributed by atoms with van der Waals surface area (Å²) in [6.07, 6.45) is 0. The quantitative estimate of drug-likeness (QED) is 0.498. The average molecular weight is 262 g/mol. The largest absolute Gasteiger partial charge is 0.289 e. The van der Waals surface area contributed by atoms with Crippen LogP contribution in [0.4, 0.5) is 0 Å². The number of halogens is 1. The van der Waals surface area contributed by atoms with E-state index in [1.54, 1.807) is 5.48 Å². The number of carbonyl (C=O) groups excluding carboxylic acids is 1. The monoisotopic (exact) mass is 261 g/mol. The number of thioether (sulfide) groups is 1. The van der Waals surface area contributed by atoms with Crippen LogP contribution in [0.3, 0.4) is 0 Å². The molecule has 0 heterocycles. The van der Waals surface area contributed by atoms with Crippen molar-refractivity contribution in [1.82, 2.24) is 5.48 Å². The number of nitrogens with one attached hydrogen (secondary N) is 1. The van der Waals surface area contributed by atoms with Crippen LogP contribution in [-0.4, -0.2) is 16.9 Å². The van der Waals surface area contributed by atoms with Gasteiger partial charge in [-0.25, -0.2) is 5.48 Å². The molecule has 5 heteroatoms. The summed E-state index contributed by atoms with van der Waals surface area (Å²) in [6.45, 7) is 0. The molecule has 0 saturated carbocycles. The van der Waals surface area contributed by atoms with E-state index in [-0.39, 0.29) is 5.75 Å². The van der Waals surface area contributed by atoms with Gasteiger partial charge in [0.2, 0.25) is 0 Å². The molecule has 1 amide bonds. The summed E-state index contributed by atoms with van der Waals surface area (Å²) < 4.78 is 0.974. The van der Waals surface area contributed by atoms with Crippen molar-refractivity contribution in [2.45, 2.75) is 4.90 Å². The Morgan fingerprint density at radius 2 is 2.38 bits per heavy atom. The minimum Gasteiger partial charge on any atom is -0.289 e. The third kappa shape index (κ3) is 3.80. The van der Waals surface area contributed by atoms with E-state index in [1.807, 2.05) is 24.3 Å². The molecule has 1 aromatic carbocycles. The highest BCUT2D eigenvalue weighted by Crippen LogP contribution is 2.21. The lowest BCUT2D eigenvalue weighted by molar-refractivity contribution is -0.126. The Bertz CT molecular complexity index is 306. The summed E-state index contributed by atoms with van der Waals surface area (Å²) in [5.41, 5.74) is 1.58. The second-order valence-corrected chi connectivity index (χ2v) is 4.25. The van der Waals surface area contributed by atoms with Gasteiger partial charge in [-0.2, -0.15) is 0 Å². The zero-order valence-electron chi connectivity index (χ0n) is 6.66. The molecular weight excluding hydrogens is 254 g/mol. The van der Waals surface area contributed by atoms with E-state index in [4.69, 9.17) is 5.21 Å². The molecule has 0 aliphatic carbocycles. The van der Waals surface area contributed by atoms with Crippen molar-refractivity contribution in [2.75, 3.05) is 5.75 Å². The Labute approximate surface area is 88.6 Å². The lowest BCUT2D eigenvalue weighted by Crippen LogP contribution is -2.20. The van der Waals surface area contributed by atoms with E-state index in [1.165, 1.54) is 11.8 Å². The van der Waals surface area contributed by atoms with Crippen LogP contribution in [0, 0.1) is 0 Å². The van der Waals surface area contributed by atoms with Gasteiger partial charge in [-0.3, -0.25) is 10.0 Å². The Hall–Kier alpha value is -0.520. The summed E-state index contributed by atoms with van der Waals surface area (Å²) in [7, 11) is 0. The Kier molecular flexibility index (Phi) is 4.27. The number of amides is 1. The number of carbonyl (C=O) groups is 1. The molecule has 3 nitrogen and oxygen atoms in total. The highest BCUT2D eigenvalue weighted by molar-refractivity contribution is 9.10. The summed E-state index contributed by atoms with van der Waals surface area (Å²) >= 11 is 4.69. The molecule has 2 N–H and O–H groups in total. The molecule has 0 fully saturated rings. The van der Waals surface area contributed by atoms with Crippen LogP contribution in [0.15, 0.2) is 33.6 Å². The van der Waals surface area contributed by atoms with Crippen molar-refractivity contribution in [2.24, 2.45) is 0 Å². The molecule has 1 aromatic rings. The molecule has 0 aromatic heterocycles. The van der Waals surface area contributed by atoms with Crippen LogP contribution >= 0.6 is 27.7 Å². The fourth-order valence-corrected chi connectivity index (χ4v) is 2.04. The predicted molar refractivity (Wildman–Crippen MR) is 54.8 cm³/mol. The lowest BCUT2D eigenvalue weighted by atomic mass is 10.4. The summed E-state index contributed by atoms with van der Waals surface area (Å²) in [6, 6.07) is 7.62. The molecule has 0 bridgehead atoms. The van der Waals surface area contributed by atoms with Crippen LogP contribution in [-0.2, 0) is 4.79 Å². The standard InChI is InChI=1S/C8H8BrNO2S/c9-6-2-1-3-7(4-6)13-5-8(11)10-12/h1-4,12H,5H2,(H,10,11). The maximum Gasteiger partial charge on any atom is 0.253 e. The Morgan fingerprint density at radius 1 is 1.62 bits per heavy atom. The van der Waals surface area contributed by atoms with Gasteiger partial charge in [0, 0.05) is 9.37 Å². The fourth-order valence-electron chi connectivity index (χ4n) is 0.738. The first-order valence-electron chi connectivity index (χ1n) is 3.53. The number of benzene rings is 1. The summed E-state index contributed by atoms with van der Waals surface area (Å²) in [5, 5.41) is 8.25. The maximum atomic E-state index is 10.7. The molecule has 0 saturated heterocycles. The zero-order chi connectivity index (χ0) is 9.68. The smallest absolute Gasteiger partial charge is 0.253 e. The minimum atomic E-state index is -0.398. The number of hydrogen-bond acceptors (Lipinski definition) is 3. The van der Waals surface area contributed by atoms with Crippen molar-refractivity contribution in [3.05, 3.63) is 28.7 Å². The lowest BCUT2D eigenvalue weighted by Gasteiger charge is -2.00. The van der Waals surface area contributed by atoms with E-state index in [0.29, 0.717) is 0 Å². The summed E-state index contributed by atoms with van der Waals surface area (Å²) in [4.78, 5) is 11.7. The second-order valence-electron chi connectivity index (χ2n) is 2.28. The van der Waals surface area contributed by atoms with Gasteiger partial charge < -0.3 is 0 Å². The van der Waals surface area contributed by atoms with Gasteiger partial charge in [-0.05, 0) is 18.2 Å². The van der Waals surface area contributed by atoms with Gasteiger partial charge >= 0.3 is 0 Å². The third-order valence-electron chi connectivity index (χ3n) is 1.29. The number of hydrogen-bond donors (Lipinski definition) is 2. The topological polar surface area (TPSA) is 49.3 Å². The van der Waals surface area contributed by atoms with Crippen molar-refractivity contribution >= 4 is 33.6 Å². The van der Waals surface area contributed by atoms with Crippen LogP contribution in [0.2, 0.25) is 0 Å². The minimum absolute atomic E-state index is 0.215. The SMILES string of the molecule is O=C(CSc1cccc(Br)c1)NO. The number of rotatable bonds is 3. The normalized spacial score (nSPS) is 9.69. The first-order valence-corrected chi connectivity index (χ1v) is 5.31. The molecule has 13 heavy (non-hydrogen) atoms. The van der Waals surface area contributed by atoms with Gasteiger partial charge in [-0.15, -0.1) is 11.8 Å². The van der Waals surface area contributed by atoms with Gasteiger partial charge in [-0.1, -0.05) is 22.0 Å². The predicted octanol–water partition coefficient (Wildman–Crippen LogP) is 2.05. The molecule has 1 rings (SSSR count). The first kappa shape index (κ1) is 10.6. The van der Waals surface area contributed by atoms with Crippen molar-refractivity contribution in [3.63, 3.8) is 0 Å². The first-order chi connectivity index (χ1) is 6.22. The fraction of sp³-hybridized carbons (Fsp3) is 0.125. The van der Waals surface area contributed by atoms with E-state index in [2.05, 4.69) is 15.9 Å². The average Bonchev–Trinajstić information content (AvgIpc) is 2.14. The zero-order valence-corrected chi connectivity index (χ0v) is 9.06. The maximum absolute atomic E-state index is 10.7. The van der Waals surface area contributed by atoms with Gasteiger partial charge in [0.05, 0.1) is 5.75 Å². The number of hydroxylamine groups is 1. The van der Waals surface area contributed by atoms with Gasteiger partial charge in [0.25, 0.3) is 5.91 Å². The highest BCUT2D eigenvalue weighted by atomic mass is 79.9. The molecule has 0 aliphatic rings. The molecule has 0 unspecified atom stereocenters. The van der Waals surface area contributed by atoms with Gasteiger partial charge in [0.1, 0.15) is 0 Å². The van der Waals surface area contributed by atoms with Crippen molar-refractivity contribution in [3.8, 4) is 0 Å². The molecule has 70 valence electrons. The van der Waals surface area contributed by atoms with Crippen LogP contribution in [0.5, 0.6) is 0 Å². The van der Waals surface area contributed by atoms with Gasteiger partial charge in [0.15, 0.2) is 0 Å². The molecule has 0 aliphatic heterocycles.